The van der Waals surface area contributed by atoms with E-state index >= 15 is 0 Å². The number of hydrogen-bond donors (Lipinski definition) is 0. The zero-order chi connectivity index (χ0) is 0. The van der Waals surface area contributed by atoms with Gasteiger partial charge in [0.05, 0.1) is 0 Å². The minimum absolute atomic E-state index is 0. The Morgan fingerprint density at radius 2 is 1.00 bits per heavy atom. The predicted molar refractivity (Wildman–Crippen MR) is 21.4 cm³/mol. The normalized spacial score (nSPS) is 0. The molecule has 0 N–H and O–H groups in total. The molecule has 6 heavy (non-hydrogen) atoms. The standard InChI is InChI=1S/Ag.Al.Cu.Li.Mg.Zn.3H. The van der Waals surface area contributed by atoms with Gasteiger partial charge in [-0.05, 0) is 0 Å². The summed E-state index contributed by atoms with van der Waals surface area (Å²) >= 11 is 0. The minimum atomic E-state index is 0. The quantitative estimate of drug-likeness (QED) is 0.456. The molecule has 0 aliphatic heterocycles. The van der Waals surface area contributed by atoms with E-state index in [0.717, 1.165) is 0 Å². The summed E-state index contributed by atoms with van der Waals surface area (Å²) in [6, 6.07) is 0. The molecule has 0 amide bonds. The van der Waals surface area contributed by atoms with Crippen molar-refractivity contribution in [3.63, 3.8) is 0 Å². The van der Waals surface area contributed by atoms with Crippen LogP contribution < -0.4 is 0 Å². The van der Waals surface area contributed by atoms with Gasteiger partial charge in [-0.15, -0.1) is 0 Å². The van der Waals surface area contributed by atoms with E-state index in [1.807, 2.05) is 0 Å². The van der Waals surface area contributed by atoms with Crippen LogP contribution in [0.1, 0.15) is 0 Å². The molecular weight excluding hydrogens is 295 g/mol. The smallest absolute Gasteiger partial charge is 0 e. The second kappa shape index (κ2) is 37.2. The van der Waals surface area contributed by atoms with E-state index in [-0.39, 0.29) is 118 Å². The van der Waals surface area contributed by atoms with Gasteiger partial charge >= 0.3 is 41.9 Å². The van der Waals surface area contributed by atoms with Crippen LogP contribution in [0.3, 0.4) is 0 Å². The number of hydrogen-bond acceptors (Lipinski definition) is 0. The molecular formula is H3AgAlCuLiMgZn. The van der Waals surface area contributed by atoms with Gasteiger partial charge in [0.1, 0.15) is 0 Å². The minimum Gasteiger partial charge on any atom is 0 e. The Morgan fingerprint density at radius 1 is 1.00 bits per heavy atom. The van der Waals surface area contributed by atoms with Crippen molar-refractivity contribution in [1.82, 2.24) is 0 Å². The Labute approximate surface area is 116 Å². The molecule has 33 valence electrons. The molecule has 0 aliphatic carbocycles. The maximum atomic E-state index is 0. The van der Waals surface area contributed by atoms with Gasteiger partial charge in [0.2, 0.25) is 0 Å². The van der Waals surface area contributed by atoms with Crippen LogP contribution in [0.4, 0.5) is 0 Å². The van der Waals surface area contributed by atoms with Crippen molar-refractivity contribution in [3.05, 3.63) is 0 Å². The predicted octanol–water partition coefficient (Wildman–Crippen LogP) is -1.95. The van der Waals surface area contributed by atoms with Crippen LogP contribution in [-0.2, 0) is 58.9 Å². The van der Waals surface area contributed by atoms with Gasteiger partial charge in [-0.1, -0.05) is 0 Å². The first-order valence-electron chi connectivity index (χ1n) is 0. The van der Waals surface area contributed by atoms with E-state index in [1.165, 1.54) is 0 Å². The summed E-state index contributed by atoms with van der Waals surface area (Å²) in [6.07, 6.45) is 0. The number of rotatable bonds is 0. The summed E-state index contributed by atoms with van der Waals surface area (Å²) in [6.45, 7) is 0. The molecule has 5 radical (unpaired) electrons. The Bertz CT molecular complexity index is 15.5. The molecule has 0 heterocycles. The molecule has 0 bridgehead atoms. The summed E-state index contributed by atoms with van der Waals surface area (Å²) in [5, 5.41) is 0. The van der Waals surface area contributed by atoms with Crippen molar-refractivity contribution in [1.29, 1.82) is 0 Å². The molecule has 0 fully saturated rings. The fourth-order valence-electron chi connectivity index (χ4n) is 0. The van der Waals surface area contributed by atoms with Gasteiger partial charge in [0.15, 0.2) is 0 Å². The molecule has 0 aliphatic rings. The molecule has 0 atom stereocenters. The zero-order valence-electron chi connectivity index (χ0n) is 1.89. The van der Waals surface area contributed by atoms with Gasteiger partial charge in [-0.25, -0.2) is 0 Å². The van der Waals surface area contributed by atoms with Gasteiger partial charge in [-0.2, -0.15) is 0 Å². The molecule has 0 unspecified atom stereocenters. The van der Waals surface area contributed by atoms with Crippen LogP contribution >= 0.6 is 0 Å². The average Bonchev–Trinajstić information content (AvgIpc) is 0. The van der Waals surface area contributed by atoms with Gasteiger partial charge < -0.3 is 0 Å². The van der Waals surface area contributed by atoms with Crippen molar-refractivity contribution >= 4 is 59.3 Å². The molecule has 0 rings (SSSR count). The largest absolute Gasteiger partial charge is 0.316 e. The van der Waals surface area contributed by atoms with Crippen LogP contribution in [0.2, 0.25) is 0 Å². The van der Waals surface area contributed by atoms with E-state index in [2.05, 4.69) is 0 Å². The zero-order valence-corrected chi connectivity index (χ0v) is 8.43. The van der Waals surface area contributed by atoms with Gasteiger partial charge in [0, 0.05) is 76.3 Å². The van der Waals surface area contributed by atoms with Crippen molar-refractivity contribution in [2.75, 3.05) is 0 Å². The Balaban J connectivity index is 0. The Morgan fingerprint density at radius 3 is 1.00 bits per heavy atom. The fraction of sp³-hybridized carbons (Fsp3) is 0. The molecule has 0 saturated heterocycles. The second-order valence-corrected chi connectivity index (χ2v) is 0. The summed E-state index contributed by atoms with van der Waals surface area (Å²) in [5.74, 6) is 0. The Hall–Kier alpha value is 3.78. The maximum Gasteiger partial charge on any atom is 0.316 e. The average molecular weight is 298 g/mol. The van der Waals surface area contributed by atoms with E-state index < -0.39 is 0 Å². The van der Waals surface area contributed by atoms with Crippen LogP contribution in [-0.4, -0.2) is 59.3 Å². The maximum absolute atomic E-state index is 0. The molecule has 0 saturated carbocycles. The van der Waals surface area contributed by atoms with E-state index in [1.54, 1.807) is 0 Å². The summed E-state index contributed by atoms with van der Waals surface area (Å²) in [5.41, 5.74) is 0. The second-order valence-electron chi connectivity index (χ2n) is 0. The van der Waals surface area contributed by atoms with Crippen LogP contribution in [0, 0.1) is 0 Å². The van der Waals surface area contributed by atoms with Gasteiger partial charge in [0.25, 0.3) is 0 Å². The molecule has 0 aromatic heterocycles. The Kier molecular flexibility index (Phi) is 327. The monoisotopic (exact) mass is 295 g/mol. The first kappa shape index (κ1) is 52.8. The van der Waals surface area contributed by atoms with E-state index in [4.69, 9.17) is 0 Å². The molecule has 0 nitrogen and oxygen atoms in total. The summed E-state index contributed by atoms with van der Waals surface area (Å²) in [7, 11) is 0. The van der Waals surface area contributed by atoms with Crippen LogP contribution in [0.5, 0.6) is 0 Å². The molecule has 0 spiro atoms. The van der Waals surface area contributed by atoms with Crippen LogP contribution in [0.15, 0.2) is 0 Å². The van der Waals surface area contributed by atoms with Gasteiger partial charge in [-0.3, -0.25) is 0 Å². The third kappa shape index (κ3) is 25.0. The topological polar surface area (TPSA) is 0 Å². The third-order valence-corrected chi connectivity index (χ3v) is 0. The summed E-state index contributed by atoms with van der Waals surface area (Å²) < 4.78 is 0. The first-order chi connectivity index (χ1) is 0. The molecule has 0 aromatic rings. The van der Waals surface area contributed by atoms with Crippen molar-refractivity contribution < 1.29 is 58.9 Å². The van der Waals surface area contributed by atoms with Crippen LogP contribution in [0.25, 0.3) is 0 Å². The molecule has 0 aromatic carbocycles. The summed E-state index contributed by atoms with van der Waals surface area (Å²) in [4.78, 5) is 0. The van der Waals surface area contributed by atoms with E-state index in [0.29, 0.717) is 0 Å². The van der Waals surface area contributed by atoms with Crippen molar-refractivity contribution in [2.24, 2.45) is 0 Å². The van der Waals surface area contributed by atoms with E-state index in [9.17, 15) is 0 Å². The fourth-order valence-corrected chi connectivity index (χ4v) is 0. The third-order valence-electron chi connectivity index (χ3n) is 0. The van der Waals surface area contributed by atoms with Crippen molar-refractivity contribution in [2.45, 2.75) is 0 Å². The SMILES string of the molecule is [Ag].[Al].[Cu].[LiH].[MgH2].[Zn]. The molecule has 6 heteroatoms. The first-order valence-corrected chi connectivity index (χ1v) is 0. The van der Waals surface area contributed by atoms with Crippen molar-refractivity contribution in [3.8, 4) is 0 Å².